The van der Waals surface area contributed by atoms with Crippen LogP contribution in [0.5, 0.6) is 11.5 Å². The summed E-state index contributed by atoms with van der Waals surface area (Å²) >= 11 is 3.25. The molecule has 0 aliphatic rings. The molecule has 0 aliphatic carbocycles. The maximum Gasteiger partial charge on any atom is 0.241 e. The molecular weight excluding hydrogens is 382 g/mol. The standard InChI is InChI=1S/C16H18BrNO4S/c1-21-14-8-5-6-12(16(14)22-2)10-11-18-23(19,20)15-9-4-3-7-13(15)17/h3-9,18H,10-11H2,1-2H3. The second-order valence-corrected chi connectivity index (χ2v) is 7.32. The molecule has 0 heterocycles. The number of hydrogen-bond acceptors (Lipinski definition) is 4. The fourth-order valence-electron chi connectivity index (χ4n) is 2.21. The maximum absolute atomic E-state index is 12.3. The summed E-state index contributed by atoms with van der Waals surface area (Å²) < 4.78 is 38.4. The molecular formula is C16H18BrNO4S. The minimum absolute atomic E-state index is 0.220. The van der Waals surface area contributed by atoms with E-state index in [4.69, 9.17) is 9.47 Å². The van der Waals surface area contributed by atoms with E-state index in [9.17, 15) is 8.42 Å². The average molecular weight is 400 g/mol. The van der Waals surface area contributed by atoms with E-state index in [-0.39, 0.29) is 11.4 Å². The second kappa shape index (κ2) is 7.81. The van der Waals surface area contributed by atoms with E-state index in [1.807, 2.05) is 12.1 Å². The van der Waals surface area contributed by atoms with Gasteiger partial charge in [0.2, 0.25) is 10.0 Å². The summed E-state index contributed by atoms with van der Waals surface area (Å²) in [6.07, 6.45) is 0.490. The summed E-state index contributed by atoms with van der Waals surface area (Å²) in [7, 11) is -0.436. The topological polar surface area (TPSA) is 64.6 Å². The van der Waals surface area contributed by atoms with E-state index in [1.54, 1.807) is 44.6 Å². The second-order valence-electron chi connectivity index (χ2n) is 4.73. The van der Waals surface area contributed by atoms with Crippen molar-refractivity contribution in [3.05, 3.63) is 52.5 Å². The monoisotopic (exact) mass is 399 g/mol. The number of hydrogen-bond donors (Lipinski definition) is 1. The lowest BCUT2D eigenvalue weighted by atomic mass is 10.1. The maximum atomic E-state index is 12.3. The number of methoxy groups -OCH3 is 2. The lowest BCUT2D eigenvalue weighted by Crippen LogP contribution is -2.26. The average Bonchev–Trinajstić information content (AvgIpc) is 2.54. The Hall–Kier alpha value is -1.57. The number of ether oxygens (including phenoxy) is 2. The zero-order valence-electron chi connectivity index (χ0n) is 12.9. The van der Waals surface area contributed by atoms with Crippen LogP contribution in [0.15, 0.2) is 51.8 Å². The summed E-state index contributed by atoms with van der Waals surface area (Å²) in [4.78, 5) is 0.220. The van der Waals surface area contributed by atoms with E-state index >= 15 is 0 Å². The first-order chi connectivity index (χ1) is 11.0. The van der Waals surface area contributed by atoms with Gasteiger partial charge < -0.3 is 9.47 Å². The van der Waals surface area contributed by atoms with Crippen LogP contribution in [-0.4, -0.2) is 29.2 Å². The first kappa shape index (κ1) is 17.8. The Morgan fingerprint density at radius 3 is 2.43 bits per heavy atom. The SMILES string of the molecule is COc1cccc(CCNS(=O)(=O)c2ccccc2Br)c1OC. The van der Waals surface area contributed by atoms with Crippen LogP contribution < -0.4 is 14.2 Å². The number of sulfonamides is 1. The first-order valence-corrected chi connectivity index (χ1v) is 9.21. The third-order valence-electron chi connectivity index (χ3n) is 3.30. The molecule has 0 aromatic heterocycles. The number of rotatable bonds is 7. The molecule has 0 fully saturated rings. The van der Waals surface area contributed by atoms with Gasteiger partial charge in [-0.1, -0.05) is 24.3 Å². The van der Waals surface area contributed by atoms with Gasteiger partial charge in [-0.3, -0.25) is 0 Å². The summed E-state index contributed by atoms with van der Waals surface area (Å²) in [6, 6.07) is 12.2. The van der Waals surface area contributed by atoms with Crippen molar-refractivity contribution in [2.24, 2.45) is 0 Å². The molecule has 2 aromatic rings. The van der Waals surface area contributed by atoms with Gasteiger partial charge in [-0.25, -0.2) is 13.1 Å². The van der Waals surface area contributed by atoms with Gasteiger partial charge in [-0.2, -0.15) is 0 Å². The number of para-hydroxylation sites is 1. The summed E-state index contributed by atoms with van der Waals surface area (Å²) in [5, 5.41) is 0. The van der Waals surface area contributed by atoms with Crippen LogP contribution in [0.1, 0.15) is 5.56 Å². The summed E-state index contributed by atoms with van der Waals surface area (Å²) in [6.45, 7) is 0.257. The molecule has 0 bridgehead atoms. The van der Waals surface area contributed by atoms with Gasteiger partial charge in [-0.15, -0.1) is 0 Å². The molecule has 0 unspecified atom stereocenters. The van der Waals surface area contributed by atoms with Crippen molar-refractivity contribution in [1.82, 2.24) is 4.72 Å². The van der Waals surface area contributed by atoms with Crippen molar-refractivity contribution >= 4 is 26.0 Å². The highest BCUT2D eigenvalue weighted by molar-refractivity contribution is 9.10. The van der Waals surface area contributed by atoms with Gasteiger partial charge in [0.25, 0.3) is 0 Å². The van der Waals surface area contributed by atoms with Crippen molar-refractivity contribution in [2.75, 3.05) is 20.8 Å². The molecule has 1 N–H and O–H groups in total. The molecule has 23 heavy (non-hydrogen) atoms. The smallest absolute Gasteiger partial charge is 0.241 e. The van der Waals surface area contributed by atoms with Crippen LogP contribution in [-0.2, 0) is 16.4 Å². The molecule has 0 aliphatic heterocycles. The van der Waals surface area contributed by atoms with E-state index in [0.717, 1.165) is 5.56 Å². The predicted octanol–water partition coefficient (Wildman–Crippen LogP) is 2.99. The highest BCUT2D eigenvalue weighted by Crippen LogP contribution is 2.30. The zero-order valence-corrected chi connectivity index (χ0v) is 15.3. The molecule has 0 radical (unpaired) electrons. The number of benzene rings is 2. The van der Waals surface area contributed by atoms with Crippen LogP contribution in [0.25, 0.3) is 0 Å². The molecule has 0 atom stereocenters. The normalized spacial score (nSPS) is 11.3. The third-order valence-corrected chi connectivity index (χ3v) is 5.77. The fraction of sp³-hybridized carbons (Fsp3) is 0.250. The zero-order chi connectivity index (χ0) is 16.9. The number of halogens is 1. The van der Waals surface area contributed by atoms with Crippen molar-refractivity contribution in [3.8, 4) is 11.5 Å². The van der Waals surface area contributed by atoms with Gasteiger partial charge in [-0.05, 0) is 46.1 Å². The Morgan fingerprint density at radius 2 is 1.78 bits per heavy atom. The van der Waals surface area contributed by atoms with Crippen molar-refractivity contribution in [3.63, 3.8) is 0 Å². The number of nitrogens with one attached hydrogen (secondary N) is 1. The Kier molecular flexibility index (Phi) is 6.04. The molecule has 0 amide bonds. The quantitative estimate of drug-likeness (QED) is 0.776. The fourth-order valence-corrected chi connectivity index (χ4v) is 4.24. The van der Waals surface area contributed by atoms with Crippen molar-refractivity contribution in [1.29, 1.82) is 0 Å². The molecule has 2 rings (SSSR count). The van der Waals surface area contributed by atoms with Gasteiger partial charge in [0.15, 0.2) is 11.5 Å². The molecule has 2 aromatic carbocycles. The lowest BCUT2D eigenvalue weighted by Gasteiger charge is -2.13. The largest absolute Gasteiger partial charge is 0.493 e. The molecule has 0 saturated carbocycles. The van der Waals surface area contributed by atoms with Crippen molar-refractivity contribution < 1.29 is 17.9 Å². The van der Waals surface area contributed by atoms with Gasteiger partial charge in [0.05, 0.1) is 19.1 Å². The summed E-state index contributed by atoms with van der Waals surface area (Å²) in [5.41, 5.74) is 0.877. The Labute approximate surface area is 144 Å². The molecule has 7 heteroatoms. The molecule has 0 saturated heterocycles. The molecule has 0 spiro atoms. The Bertz CT molecular complexity index is 777. The first-order valence-electron chi connectivity index (χ1n) is 6.93. The van der Waals surface area contributed by atoms with Gasteiger partial charge >= 0.3 is 0 Å². The highest BCUT2D eigenvalue weighted by atomic mass is 79.9. The molecule has 5 nitrogen and oxygen atoms in total. The summed E-state index contributed by atoms with van der Waals surface area (Å²) in [5.74, 6) is 1.24. The van der Waals surface area contributed by atoms with Crippen LogP contribution in [0.4, 0.5) is 0 Å². The van der Waals surface area contributed by atoms with Crippen LogP contribution in [0.3, 0.4) is 0 Å². The van der Waals surface area contributed by atoms with Gasteiger partial charge in [0.1, 0.15) is 0 Å². The van der Waals surface area contributed by atoms with E-state index in [1.165, 1.54) is 0 Å². The van der Waals surface area contributed by atoms with E-state index < -0.39 is 10.0 Å². The van der Waals surface area contributed by atoms with Crippen LogP contribution in [0.2, 0.25) is 0 Å². The van der Waals surface area contributed by atoms with E-state index in [2.05, 4.69) is 20.7 Å². The predicted molar refractivity (Wildman–Crippen MR) is 92.6 cm³/mol. The van der Waals surface area contributed by atoms with Crippen molar-refractivity contribution in [2.45, 2.75) is 11.3 Å². The van der Waals surface area contributed by atoms with Crippen LogP contribution in [0, 0.1) is 0 Å². The molecule has 124 valence electrons. The van der Waals surface area contributed by atoms with E-state index in [0.29, 0.717) is 22.4 Å². The third kappa shape index (κ3) is 4.25. The minimum atomic E-state index is -3.57. The Balaban J connectivity index is 2.10. The minimum Gasteiger partial charge on any atom is -0.493 e. The Morgan fingerprint density at radius 1 is 1.04 bits per heavy atom. The lowest BCUT2D eigenvalue weighted by molar-refractivity contribution is 0.351. The highest BCUT2D eigenvalue weighted by Gasteiger charge is 2.17. The van der Waals surface area contributed by atoms with Gasteiger partial charge in [0, 0.05) is 11.0 Å². The van der Waals surface area contributed by atoms with Crippen LogP contribution >= 0.6 is 15.9 Å².